The van der Waals surface area contributed by atoms with Crippen molar-refractivity contribution in [3.8, 4) is 0 Å². The largest absolute Gasteiger partial charge is 0.323 e. The average Bonchev–Trinajstić information content (AvgIpc) is 2.38. The molecule has 1 atom stereocenters. The van der Waals surface area contributed by atoms with Gasteiger partial charge in [-0.2, -0.15) is 0 Å². The first-order valence-corrected chi connectivity index (χ1v) is 6.78. The number of hydrogen-bond donors (Lipinski definition) is 1. The van der Waals surface area contributed by atoms with Crippen molar-refractivity contribution in [1.29, 1.82) is 0 Å². The molecule has 0 bridgehead atoms. The molecular formula is C15H26N2. The molecule has 1 aromatic rings. The minimum Gasteiger partial charge on any atom is -0.323 e. The Kier molecular flexibility index (Phi) is 6.23. The van der Waals surface area contributed by atoms with Gasteiger partial charge in [0.2, 0.25) is 0 Å². The maximum Gasteiger partial charge on any atom is 0.0424 e. The van der Waals surface area contributed by atoms with Gasteiger partial charge in [-0.3, -0.25) is 0 Å². The Hall–Kier alpha value is -0.860. The number of rotatable bonds is 7. The maximum absolute atomic E-state index is 6.25. The van der Waals surface area contributed by atoms with Gasteiger partial charge < -0.3 is 10.6 Å². The molecule has 1 aromatic carbocycles. The summed E-state index contributed by atoms with van der Waals surface area (Å²) in [5.74, 6) is 0. The van der Waals surface area contributed by atoms with E-state index in [2.05, 4.69) is 49.9 Å². The Morgan fingerprint density at radius 3 is 2.24 bits per heavy atom. The van der Waals surface area contributed by atoms with Gasteiger partial charge in [-0.1, -0.05) is 45.0 Å². The van der Waals surface area contributed by atoms with Crippen LogP contribution in [0.2, 0.25) is 0 Å². The molecule has 2 nitrogen and oxygen atoms in total. The van der Waals surface area contributed by atoms with Gasteiger partial charge in [0.05, 0.1) is 0 Å². The fourth-order valence-corrected chi connectivity index (χ4v) is 2.08. The molecule has 1 unspecified atom stereocenters. The van der Waals surface area contributed by atoms with Crippen molar-refractivity contribution in [3.05, 3.63) is 35.4 Å². The van der Waals surface area contributed by atoms with Crippen molar-refractivity contribution in [1.82, 2.24) is 4.90 Å². The van der Waals surface area contributed by atoms with Crippen LogP contribution in [0.3, 0.4) is 0 Å². The van der Waals surface area contributed by atoms with Gasteiger partial charge in [-0.15, -0.1) is 0 Å². The maximum atomic E-state index is 6.25. The molecule has 96 valence electrons. The summed E-state index contributed by atoms with van der Waals surface area (Å²) in [5, 5.41) is 0. The highest BCUT2D eigenvalue weighted by atomic mass is 15.1. The normalized spacial score (nSPS) is 13.0. The van der Waals surface area contributed by atoms with Crippen LogP contribution in [0.1, 0.15) is 44.4 Å². The summed E-state index contributed by atoms with van der Waals surface area (Å²) in [5.41, 5.74) is 8.88. The average molecular weight is 234 g/mol. The summed E-state index contributed by atoms with van der Waals surface area (Å²) >= 11 is 0. The van der Waals surface area contributed by atoms with E-state index >= 15 is 0 Å². The lowest BCUT2D eigenvalue weighted by molar-refractivity contribution is 0.271. The van der Waals surface area contributed by atoms with Crippen LogP contribution in [0.4, 0.5) is 0 Å². The van der Waals surface area contributed by atoms with Crippen molar-refractivity contribution < 1.29 is 0 Å². The fourth-order valence-electron chi connectivity index (χ4n) is 2.08. The predicted octanol–water partition coefficient (Wildman–Crippen LogP) is 2.98. The Bertz CT molecular complexity index is 305. The third kappa shape index (κ3) is 4.49. The van der Waals surface area contributed by atoms with Gasteiger partial charge in [0.1, 0.15) is 0 Å². The third-order valence-electron chi connectivity index (χ3n) is 3.26. The van der Waals surface area contributed by atoms with E-state index in [4.69, 9.17) is 5.73 Å². The van der Waals surface area contributed by atoms with Crippen LogP contribution in [-0.4, -0.2) is 24.5 Å². The van der Waals surface area contributed by atoms with Gasteiger partial charge >= 0.3 is 0 Å². The van der Waals surface area contributed by atoms with Gasteiger partial charge in [-0.25, -0.2) is 0 Å². The summed E-state index contributed by atoms with van der Waals surface area (Å²) in [4.78, 5) is 2.42. The SMILES string of the molecule is CCCN(CC)CC(N)c1ccc(CC)cc1. The standard InChI is InChI=1S/C15H26N2/c1-4-11-17(6-3)12-15(16)14-9-7-13(5-2)8-10-14/h7-10,15H,4-6,11-12,16H2,1-3H3. The van der Waals surface area contributed by atoms with E-state index in [-0.39, 0.29) is 6.04 Å². The quantitative estimate of drug-likeness (QED) is 0.786. The van der Waals surface area contributed by atoms with Gasteiger partial charge in [-0.05, 0) is 37.1 Å². The lowest BCUT2D eigenvalue weighted by atomic mass is 10.0. The number of likely N-dealkylation sites (N-methyl/N-ethyl adjacent to an activating group) is 1. The Morgan fingerprint density at radius 1 is 1.12 bits per heavy atom. The van der Waals surface area contributed by atoms with Crippen molar-refractivity contribution in [2.75, 3.05) is 19.6 Å². The summed E-state index contributed by atoms with van der Waals surface area (Å²) < 4.78 is 0. The van der Waals surface area contributed by atoms with E-state index in [1.165, 1.54) is 17.5 Å². The Labute approximate surface area is 106 Å². The smallest absolute Gasteiger partial charge is 0.0424 e. The van der Waals surface area contributed by atoms with E-state index < -0.39 is 0 Å². The molecule has 0 radical (unpaired) electrons. The number of benzene rings is 1. The van der Waals surface area contributed by atoms with Crippen molar-refractivity contribution in [2.24, 2.45) is 5.73 Å². The lowest BCUT2D eigenvalue weighted by Crippen LogP contribution is -2.32. The number of nitrogens with zero attached hydrogens (tertiary/aromatic N) is 1. The molecule has 1 rings (SSSR count). The molecule has 0 spiro atoms. The number of nitrogens with two attached hydrogens (primary N) is 1. The zero-order chi connectivity index (χ0) is 12.7. The minimum absolute atomic E-state index is 0.132. The molecule has 17 heavy (non-hydrogen) atoms. The second-order valence-corrected chi connectivity index (χ2v) is 4.59. The molecule has 0 aliphatic rings. The molecule has 0 aliphatic heterocycles. The molecule has 0 aromatic heterocycles. The predicted molar refractivity (Wildman–Crippen MR) is 75.2 cm³/mol. The monoisotopic (exact) mass is 234 g/mol. The second kappa shape index (κ2) is 7.46. The van der Waals surface area contributed by atoms with Crippen molar-refractivity contribution in [2.45, 2.75) is 39.7 Å². The molecule has 0 heterocycles. The summed E-state index contributed by atoms with van der Waals surface area (Å²) in [6.45, 7) is 9.75. The van der Waals surface area contributed by atoms with Crippen LogP contribution in [0.15, 0.2) is 24.3 Å². The van der Waals surface area contributed by atoms with E-state index in [9.17, 15) is 0 Å². The topological polar surface area (TPSA) is 29.3 Å². The second-order valence-electron chi connectivity index (χ2n) is 4.59. The molecular weight excluding hydrogens is 208 g/mol. The van der Waals surface area contributed by atoms with Crippen LogP contribution in [0, 0.1) is 0 Å². The fraction of sp³-hybridized carbons (Fsp3) is 0.600. The first-order valence-electron chi connectivity index (χ1n) is 6.78. The Balaban J connectivity index is 2.58. The molecule has 2 heteroatoms. The summed E-state index contributed by atoms with van der Waals surface area (Å²) in [6, 6.07) is 8.84. The molecule has 0 fully saturated rings. The van der Waals surface area contributed by atoms with Crippen LogP contribution in [0.25, 0.3) is 0 Å². The van der Waals surface area contributed by atoms with Gasteiger partial charge in [0.25, 0.3) is 0 Å². The van der Waals surface area contributed by atoms with Crippen LogP contribution in [0.5, 0.6) is 0 Å². The zero-order valence-corrected chi connectivity index (χ0v) is 11.4. The van der Waals surface area contributed by atoms with Crippen molar-refractivity contribution in [3.63, 3.8) is 0 Å². The first-order chi connectivity index (χ1) is 8.21. The van der Waals surface area contributed by atoms with E-state index in [0.29, 0.717) is 0 Å². The third-order valence-corrected chi connectivity index (χ3v) is 3.26. The number of hydrogen-bond acceptors (Lipinski definition) is 2. The Morgan fingerprint density at radius 2 is 1.76 bits per heavy atom. The minimum atomic E-state index is 0.132. The molecule has 0 saturated carbocycles. The molecule has 0 aliphatic carbocycles. The number of aryl methyl sites for hydroxylation is 1. The molecule has 0 amide bonds. The molecule has 0 saturated heterocycles. The van der Waals surface area contributed by atoms with Crippen LogP contribution in [-0.2, 0) is 6.42 Å². The van der Waals surface area contributed by atoms with Crippen LogP contribution < -0.4 is 5.73 Å². The van der Waals surface area contributed by atoms with Gasteiger partial charge in [0.15, 0.2) is 0 Å². The lowest BCUT2D eigenvalue weighted by Gasteiger charge is -2.24. The highest BCUT2D eigenvalue weighted by Gasteiger charge is 2.10. The summed E-state index contributed by atoms with van der Waals surface area (Å²) in [7, 11) is 0. The van der Waals surface area contributed by atoms with E-state index in [1.807, 2.05) is 0 Å². The first kappa shape index (κ1) is 14.2. The van der Waals surface area contributed by atoms with E-state index in [0.717, 1.165) is 26.1 Å². The molecule has 2 N–H and O–H groups in total. The highest BCUT2D eigenvalue weighted by Crippen LogP contribution is 2.13. The zero-order valence-electron chi connectivity index (χ0n) is 11.4. The van der Waals surface area contributed by atoms with Crippen molar-refractivity contribution >= 4 is 0 Å². The highest BCUT2D eigenvalue weighted by molar-refractivity contribution is 5.25. The van der Waals surface area contributed by atoms with E-state index in [1.54, 1.807) is 0 Å². The summed E-state index contributed by atoms with van der Waals surface area (Å²) in [6.07, 6.45) is 2.28. The van der Waals surface area contributed by atoms with Crippen LogP contribution >= 0.6 is 0 Å². The van der Waals surface area contributed by atoms with Gasteiger partial charge in [0, 0.05) is 12.6 Å².